The first-order valence-electron chi connectivity index (χ1n) is 12.2. The molecule has 1 heterocycles. The quantitative estimate of drug-likeness (QED) is 0.263. The molecule has 0 spiro atoms. The standard InChI is InChI=1S/C30H29N3O3/c1-35-28-14-7-4-11-25(28)30(34)31-18-17-29-32-26-12-5-6-13-27(26)33(29)19-8-20-36-24-16-15-22-9-2-3-10-23(22)21-24/h2-7,9-16,21H,8,17-20H2,1H3,(H,31,34). The van der Waals surface area contributed by atoms with Gasteiger partial charge in [-0.25, -0.2) is 4.98 Å². The molecule has 0 aliphatic heterocycles. The van der Waals surface area contributed by atoms with Crippen LogP contribution in [-0.2, 0) is 13.0 Å². The van der Waals surface area contributed by atoms with E-state index in [1.54, 1.807) is 19.2 Å². The lowest BCUT2D eigenvalue weighted by Gasteiger charge is -2.12. The van der Waals surface area contributed by atoms with Crippen molar-refractivity contribution in [3.05, 3.63) is 102 Å². The summed E-state index contributed by atoms with van der Waals surface area (Å²) in [6.45, 7) is 1.87. The average molecular weight is 480 g/mol. The van der Waals surface area contributed by atoms with Crippen molar-refractivity contribution >= 4 is 27.7 Å². The number of carbonyl (C=O) groups excluding carboxylic acids is 1. The van der Waals surface area contributed by atoms with Crippen LogP contribution in [-0.4, -0.2) is 35.7 Å². The number of methoxy groups -OCH3 is 1. The zero-order valence-corrected chi connectivity index (χ0v) is 20.3. The van der Waals surface area contributed by atoms with E-state index in [2.05, 4.69) is 40.2 Å². The van der Waals surface area contributed by atoms with E-state index in [4.69, 9.17) is 14.5 Å². The molecule has 1 amide bonds. The number of hydrogen-bond acceptors (Lipinski definition) is 4. The van der Waals surface area contributed by atoms with Gasteiger partial charge in [0, 0.05) is 19.5 Å². The molecule has 5 aromatic rings. The number of hydrogen-bond donors (Lipinski definition) is 1. The van der Waals surface area contributed by atoms with Crippen LogP contribution in [0.4, 0.5) is 0 Å². The van der Waals surface area contributed by atoms with Gasteiger partial charge in [0.05, 0.1) is 30.3 Å². The minimum absolute atomic E-state index is 0.154. The van der Waals surface area contributed by atoms with E-state index in [0.717, 1.165) is 35.6 Å². The molecule has 182 valence electrons. The molecule has 6 nitrogen and oxygen atoms in total. The molecule has 1 N–H and O–H groups in total. The number of ether oxygens (including phenoxy) is 2. The third-order valence-electron chi connectivity index (χ3n) is 6.24. The summed E-state index contributed by atoms with van der Waals surface area (Å²) in [4.78, 5) is 17.5. The number of nitrogens with one attached hydrogen (secondary N) is 1. The summed E-state index contributed by atoms with van der Waals surface area (Å²) < 4.78 is 13.6. The Morgan fingerprint density at radius 3 is 2.58 bits per heavy atom. The second-order valence-corrected chi connectivity index (χ2v) is 8.59. The van der Waals surface area contributed by atoms with Crippen LogP contribution in [0.1, 0.15) is 22.6 Å². The van der Waals surface area contributed by atoms with Gasteiger partial charge in [-0.15, -0.1) is 0 Å². The van der Waals surface area contributed by atoms with Crippen molar-refractivity contribution in [3.63, 3.8) is 0 Å². The van der Waals surface area contributed by atoms with E-state index < -0.39 is 0 Å². The van der Waals surface area contributed by atoms with Crippen molar-refractivity contribution in [2.24, 2.45) is 0 Å². The molecule has 0 unspecified atom stereocenters. The number of para-hydroxylation sites is 3. The number of aryl methyl sites for hydroxylation is 1. The summed E-state index contributed by atoms with van der Waals surface area (Å²) in [5.41, 5.74) is 2.58. The number of imidazole rings is 1. The summed E-state index contributed by atoms with van der Waals surface area (Å²) in [5, 5.41) is 5.38. The van der Waals surface area contributed by atoms with E-state index in [9.17, 15) is 4.79 Å². The highest BCUT2D eigenvalue weighted by molar-refractivity contribution is 5.96. The van der Waals surface area contributed by atoms with E-state index in [1.807, 2.05) is 48.5 Å². The Morgan fingerprint density at radius 1 is 0.917 bits per heavy atom. The Bertz CT molecular complexity index is 1490. The van der Waals surface area contributed by atoms with E-state index >= 15 is 0 Å². The Morgan fingerprint density at radius 2 is 1.69 bits per heavy atom. The smallest absolute Gasteiger partial charge is 0.255 e. The Labute approximate surface area is 210 Å². The topological polar surface area (TPSA) is 65.4 Å². The Hall–Kier alpha value is -4.32. The molecule has 0 saturated carbocycles. The Balaban J connectivity index is 1.21. The lowest BCUT2D eigenvalue weighted by atomic mass is 10.1. The van der Waals surface area contributed by atoms with Gasteiger partial charge in [-0.1, -0.05) is 54.6 Å². The molecule has 0 saturated heterocycles. The molecule has 0 atom stereocenters. The molecule has 36 heavy (non-hydrogen) atoms. The number of nitrogens with zero attached hydrogens (tertiary/aromatic N) is 2. The molecule has 1 aromatic heterocycles. The molecule has 4 aromatic carbocycles. The number of aromatic nitrogens is 2. The number of amides is 1. The van der Waals surface area contributed by atoms with Crippen molar-refractivity contribution in [1.82, 2.24) is 14.9 Å². The van der Waals surface area contributed by atoms with Crippen LogP contribution in [0.5, 0.6) is 11.5 Å². The molecular formula is C30H29N3O3. The van der Waals surface area contributed by atoms with E-state index in [1.165, 1.54) is 10.8 Å². The number of fused-ring (bicyclic) bond motifs is 2. The first kappa shape index (κ1) is 23.4. The maximum atomic E-state index is 12.7. The maximum Gasteiger partial charge on any atom is 0.255 e. The Kier molecular flexibility index (Phi) is 7.12. The summed E-state index contributed by atoms with van der Waals surface area (Å²) >= 11 is 0. The minimum Gasteiger partial charge on any atom is -0.496 e. The van der Waals surface area contributed by atoms with Gasteiger partial charge < -0.3 is 19.4 Å². The third kappa shape index (κ3) is 5.18. The molecule has 5 rings (SSSR count). The molecule has 0 aliphatic rings. The van der Waals surface area contributed by atoms with Crippen molar-refractivity contribution in [2.75, 3.05) is 20.3 Å². The van der Waals surface area contributed by atoms with Gasteiger partial charge in [0.2, 0.25) is 0 Å². The zero-order chi connectivity index (χ0) is 24.7. The summed E-state index contributed by atoms with van der Waals surface area (Å²) in [5.74, 6) is 2.23. The molecule has 0 fully saturated rings. The SMILES string of the molecule is COc1ccccc1C(=O)NCCc1nc2ccccc2n1CCCOc1ccc2ccccc2c1. The van der Waals surface area contributed by atoms with Gasteiger partial charge in [-0.2, -0.15) is 0 Å². The van der Waals surface area contributed by atoms with Gasteiger partial charge in [0.15, 0.2) is 0 Å². The van der Waals surface area contributed by atoms with Crippen LogP contribution in [0, 0.1) is 0 Å². The van der Waals surface area contributed by atoms with Crippen LogP contribution >= 0.6 is 0 Å². The van der Waals surface area contributed by atoms with Crippen LogP contribution in [0.2, 0.25) is 0 Å². The van der Waals surface area contributed by atoms with Crippen LogP contribution in [0.25, 0.3) is 21.8 Å². The largest absolute Gasteiger partial charge is 0.496 e. The van der Waals surface area contributed by atoms with Crippen molar-refractivity contribution in [3.8, 4) is 11.5 Å². The van der Waals surface area contributed by atoms with Crippen LogP contribution in [0.3, 0.4) is 0 Å². The first-order chi connectivity index (χ1) is 17.7. The number of carbonyl (C=O) groups is 1. The number of benzene rings is 4. The first-order valence-corrected chi connectivity index (χ1v) is 12.2. The van der Waals surface area contributed by atoms with Crippen LogP contribution < -0.4 is 14.8 Å². The third-order valence-corrected chi connectivity index (χ3v) is 6.24. The molecule has 6 heteroatoms. The summed E-state index contributed by atoms with van der Waals surface area (Å²) in [6, 6.07) is 29.8. The predicted octanol–water partition coefficient (Wildman–Crippen LogP) is 5.64. The normalized spacial score (nSPS) is 11.0. The van der Waals surface area contributed by atoms with Crippen molar-refractivity contribution in [1.29, 1.82) is 0 Å². The van der Waals surface area contributed by atoms with Gasteiger partial charge >= 0.3 is 0 Å². The average Bonchev–Trinajstić information content (AvgIpc) is 3.28. The minimum atomic E-state index is -0.154. The monoisotopic (exact) mass is 479 g/mol. The fraction of sp³-hybridized carbons (Fsp3) is 0.200. The predicted molar refractivity (Wildman–Crippen MR) is 143 cm³/mol. The molecular weight excluding hydrogens is 450 g/mol. The lowest BCUT2D eigenvalue weighted by Crippen LogP contribution is -2.27. The van der Waals surface area contributed by atoms with Crippen LogP contribution in [0.15, 0.2) is 91.0 Å². The number of rotatable bonds is 10. The highest BCUT2D eigenvalue weighted by Crippen LogP contribution is 2.22. The van der Waals surface area contributed by atoms with Gasteiger partial charge in [0.1, 0.15) is 17.3 Å². The molecule has 0 radical (unpaired) electrons. The van der Waals surface area contributed by atoms with E-state index in [-0.39, 0.29) is 5.91 Å². The zero-order valence-electron chi connectivity index (χ0n) is 20.3. The molecule has 0 bridgehead atoms. The van der Waals surface area contributed by atoms with Gasteiger partial charge in [-0.05, 0) is 53.6 Å². The van der Waals surface area contributed by atoms with Crippen molar-refractivity contribution < 1.29 is 14.3 Å². The fourth-order valence-electron chi connectivity index (χ4n) is 4.45. The highest BCUT2D eigenvalue weighted by atomic mass is 16.5. The molecule has 0 aliphatic carbocycles. The highest BCUT2D eigenvalue weighted by Gasteiger charge is 2.13. The fourth-order valence-corrected chi connectivity index (χ4v) is 4.45. The second kappa shape index (κ2) is 11.0. The van der Waals surface area contributed by atoms with Gasteiger partial charge in [0.25, 0.3) is 5.91 Å². The second-order valence-electron chi connectivity index (χ2n) is 8.59. The van der Waals surface area contributed by atoms with E-state index in [0.29, 0.717) is 30.9 Å². The van der Waals surface area contributed by atoms with Gasteiger partial charge in [-0.3, -0.25) is 4.79 Å². The van der Waals surface area contributed by atoms with Crippen molar-refractivity contribution in [2.45, 2.75) is 19.4 Å². The maximum absolute atomic E-state index is 12.7. The lowest BCUT2D eigenvalue weighted by molar-refractivity contribution is 0.0951. The summed E-state index contributed by atoms with van der Waals surface area (Å²) in [6.07, 6.45) is 1.47. The summed E-state index contributed by atoms with van der Waals surface area (Å²) in [7, 11) is 1.57.